The molecule has 0 aliphatic rings. The topological polar surface area (TPSA) is 62.8 Å². The number of hydrogen-bond acceptors (Lipinski definition) is 3. The monoisotopic (exact) mass is 314 g/mol. The second-order valence-corrected chi connectivity index (χ2v) is 6.07. The zero-order valence-corrected chi connectivity index (χ0v) is 10.6. The number of para-hydroxylation sites is 1. The summed E-state index contributed by atoms with van der Waals surface area (Å²) >= 11 is 0. The quantitative estimate of drug-likeness (QED) is 0.867. The van der Waals surface area contributed by atoms with Gasteiger partial charge in [0, 0.05) is 6.26 Å². The number of halogens is 5. The molecular weight excluding hydrogens is 307 g/mol. The molecule has 20 heavy (non-hydrogen) atoms. The van der Waals surface area contributed by atoms with Crippen LogP contribution in [0.4, 0.5) is 22.0 Å². The molecule has 1 aromatic carbocycles. The van der Waals surface area contributed by atoms with Gasteiger partial charge in [0.2, 0.25) is 0 Å². The van der Waals surface area contributed by atoms with Gasteiger partial charge in [0.1, 0.15) is 5.52 Å². The summed E-state index contributed by atoms with van der Waals surface area (Å²) in [5.74, 6) is -6.84. The van der Waals surface area contributed by atoms with Crippen molar-refractivity contribution in [3.8, 4) is 0 Å². The van der Waals surface area contributed by atoms with Crippen molar-refractivity contribution in [2.24, 2.45) is 0 Å². The minimum absolute atomic E-state index is 0.216. The van der Waals surface area contributed by atoms with Crippen LogP contribution in [0.15, 0.2) is 23.1 Å². The molecule has 1 heterocycles. The molecule has 0 atom stereocenters. The largest absolute Gasteiger partial charge is 0.461 e. The number of hydrogen-bond donors (Lipinski definition) is 1. The molecule has 0 radical (unpaired) electrons. The lowest BCUT2D eigenvalue weighted by Crippen LogP contribution is -2.34. The Kier molecular flexibility index (Phi) is 3.04. The van der Waals surface area contributed by atoms with E-state index in [1.54, 1.807) is 0 Å². The van der Waals surface area contributed by atoms with Crippen molar-refractivity contribution in [3.05, 3.63) is 24.0 Å². The number of rotatable bonds is 2. The van der Waals surface area contributed by atoms with E-state index in [1.807, 2.05) is 4.98 Å². The van der Waals surface area contributed by atoms with E-state index in [4.69, 9.17) is 0 Å². The molecule has 110 valence electrons. The Labute approximate surface area is 109 Å². The van der Waals surface area contributed by atoms with Crippen LogP contribution in [-0.2, 0) is 15.8 Å². The highest BCUT2D eigenvalue weighted by Gasteiger charge is 2.61. The number of alkyl halides is 5. The van der Waals surface area contributed by atoms with Gasteiger partial charge in [0.15, 0.2) is 15.7 Å². The Bertz CT molecular complexity index is 764. The summed E-state index contributed by atoms with van der Waals surface area (Å²) < 4.78 is 86.0. The molecule has 1 N–H and O–H groups in total. The van der Waals surface area contributed by atoms with Crippen molar-refractivity contribution in [1.29, 1.82) is 0 Å². The van der Waals surface area contributed by atoms with E-state index < -0.39 is 38.2 Å². The lowest BCUT2D eigenvalue weighted by Gasteiger charge is -2.16. The summed E-state index contributed by atoms with van der Waals surface area (Å²) in [6.07, 6.45) is -5.02. The number of H-pyrrole nitrogens is 1. The SMILES string of the molecule is CS(=O)(=O)c1cccc2[nH]c(C(F)(F)C(F)(F)F)nc12. The molecule has 0 unspecified atom stereocenters. The van der Waals surface area contributed by atoms with Gasteiger partial charge in [-0.1, -0.05) is 6.07 Å². The Hall–Kier alpha value is -1.71. The number of aromatic amines is 1. The average molecular weight is 314 g/mol. The molecule has 0 saturated carbocycles. The first-order valence-corrected chi connectivity index (χ1v) is 6.97. The molecule has 4 nitrogen and oxygen atoms in total. The van der Waals surface area contributed by atoms with E-state index in [0.29, 0.717) is 0 Å². The van der Waals surface area contributed by atoms with Crippen LogP contribution in [0.25, 0.3) is 11.0 Å². The maximum absolute atomic E-state index is 13.2. The summed E-state index contributed by atoms with van der Waals surface area (Å²) in [5, 5.41) is 0. The van der Waals surface area contributed by atoms with Crippen LogP contribution in [0, 0.1) is 0 Å². The molecule has 0 aliphatic carbocycles. The average Bonchev–Trinajstić information content (AvgIpc) is 2.69. The van der Waals surface area contributed by atoms with Crippen molar-refractivity contribution < 1.29 is 30.4 Å². The van der Waals surface area contributed by atoms with Crippen LogP contribution < -0.4 is 0 Å². The van der Waals surface area contributed by atoms with Gasteiger partial charge in [0.25, 0.3) is 0 Å². The van der Waals surface area contributed by atoms with Crippen LogP contribution in [0.2, 0.25) is 0 Å². The van der Waals surface area contributed by atoms with E-state index in [-0.39, 0.29) is 5.52 Å². The van der Waals surface area contributed by atoms with Crippen molar-refractivity contribution >= 4 is 20.9 Å². The standard InChI is InChI=1S/C10H7F5N2O2S/c1-20(18,19)6-4-2-3-5-7(6)17-8(16-5)9(11,12)10(13,14)15/h2-4H,1H3,(H,16,17). The van der Waals surface area contributed by atoms with Gasteiger partial charge >= 0.3 is 12.1 Å². The number of nitrogens with one attached hydrogen (secondary N) is 1. The lowest BCUT2D eigenvalue weighted by atomic mass is 10.3. The zero-order chi connectivity index (χ0) is 15.3. The predicted molar refractivity (Wildman–Crippen MR) is 59.2 cm³/mol. The minimum atomic E-state index is -5.83. The van der Waals surface area contributed by atoms with E-state index in [1.165, 1.54) is 6.07 Å². The minimum Gasteiger partial charge on any atom is -0.337 e. The maximum Gasteiger partial charge on any atom is 0.461 e. The molecule has 0 aliphatic heterocycles. The third kappa shape index (κ3) is 2.23. The van der Waals surface area contributed by atoms with Gasteiger partial charge in [-0.2, -0.15) is 22.0 Å². The van der Waals surface area contributed by atoms with Crippen molar-refractivity contribution in [1.82, 2.24) is 9.97 Å². The summed E-state index contributed by atoms with van der Waals surface area (Å²) in [4.78, 5) is 4.50. The van der Waals surface area contributed by atoms with Crippen LogP contribution in [0.5, 0.6) is 0 Å². The van der Waals surface area contributed by atoms with Crippen molar-refractivity contribution in [2.45, 2.75) is 17.0 Å². The van der Waals surface area contributed by atoms with E-state index in [2.05, 4.69) is 4.98 Å². The number of nitrogens with zero attached hydrogens (tertiary/aromatic N) is 1. The first-order valence-electron chi connectivity index (χ1n) is 5.08. The fraction of sp³-hybridized carbons (Fsp3) is 0.300. The normalized spacial score (nSPS) is 13.9. The molecule has 2 rings (SSSR count). The molecule has 10 heteroatoms. The first kappa shape index (κ1) is 14.7. The van der Waals surface area contributed by atoms with E-state index >= 15 is 0 Å². The molecule has 0 spiro atoms. The summed E-state index contributed by atoms with van der Waals surface area (Å²) in [5.41, 5.74) is -0.666. The Morgan fingerprint density at radius 1 is 1.15 bits per heavy atom. The zero-order valence-electron chi connectivity index (χ0n) is 9.79. The smallest absolute Gasteiger partial charge is 0.337 e. The van der Waals surface area contributed by atoms with Crippen LogP contribution in [-0.4, -0.2) is 30.8 Å². The number of benzene rings is 1. The molecule has 0 amide bonds. The van der Waals surface area contributed by atoms with Crippen LogP contribution in [0.1, 0.15) is 5.82 Å². The summed E-state index contributed by atoms with van der Waals surface area (Å²) in [7, 11) is -3.81. The number of fused-ring (bicyclic) bond motifs is 1. The Morgan fingerprint density at radius 2 is 1.75 bits per heavy atom. The Morgan fingerprint density at radius 3 is 2.25 bits per heavy atom. The van der Waals surface area contributed by atoms with Gasteiger partial charge in [0.05, 0.1) is 10.4 Å². The second-order valence-electron chi connectivity index (χ2n) is 4.08. The van der Waals surface area contributed by atoms with Gasteiger partial charge in [-0.3, -0.25) is 0 Å². The molecule has 2 aromatic rings. The Balaban J connectivity index is 2.73. The summed E-state index contributed by atoms with van der Waals surface area (Å²) in [6, 6.07) is 3.45. The van der Waals surface area contributed by atoms with Crippen molar-refractivity contribution in [2.75, 3.05) is 6.26 Å². The third-order valence-electron chi connectivity index (χ3n) is 2.53. The lowest BCUT2D eigenvalue weighted by molar-refractivity contribution is -0.292. The van der Waals surface area contributed by atoms with Crippen molar-refractivity contribution in [3.63, 3.8) is 0 Å². The fourth-order valence-corrected chi connectivity index (χ4v) is 2.42. The molecule has 0 fully saturated rings. The molecular formula is C10H7F5N2O2S. The van der Waals surface area contributed by atoms with Gasteiger partial charge in [-0.05, 0) is 12.1 Å². The fourth-order valence-electron chi connectivity index (χ4n) is 1.59. The highest BCUT2D eigenvalue weighted by atomic mass is 32.2. The second kappa shape index (κ2) is 4.14. The van der Waals surface area contributed by atoms with Gasteiger partial charge in [-0.25, -0.2) is 13.4 Å². The van der Waals surface area contributed by atoms with E-state index in [9.17, 15) is 30.4 Å². The highest BCUT2D eigenvalue weighted by molar-refractivity contribution is 7.91. The molecule has 0 saturated heterocycles. The predicted octanol–water partition coefficient (Wildman–Crippen LogP) is 2.62. The van der Waals surface area contributed by atoms with E-state index in [0.717, 1.165) is 18.4 Å². The third-order valence-corrected chi connectivity index (χ3v) is 3.66. The maximum atomic E-state index is 13.2. The number of imidazole rings is 1. The number of aromatic nitrogens is 2. The molecule has 0 bridgehead atoms. The van der Waals surface area contributed by atoms with Gasteiger partial charge < -0.3 is 4.98 Å². The highest BCUT2D eigenvalue weighted by Crippen LogP contribution is 2.43. The first-order chi connectivity index (χ1) is 8.94. The van der Waals surface area contributed by atoms with Crippen LogP contribution >= 0.6 is 0 Å². The van der Waals surface area contributed by atoms with Crippen LogP contribution in [0.3, 0.4) is 0 Å². The summed E-state index contributed by atoms with van der Waals surface area (Å²) in [6.45, 7) is 0. The molecule has 1 aromatic heterocycles. The number of sulfone groups is 1. The van der Waals surface area contributed by atoms with Gasteiger partial charge in [-0.15, -0.1) is 0 Å².